The van der Waals surface area contributed by atoms with Crippen LogP contribution in [-0.2, 0) is 12.8 Å². The number of aromatic nitrogens is 2. The molecule has 0 fully saturated rings. The van der Waals surface area contributed by atoms with Crippen molar-refractivity contribution < 1.29 is 9.26 Å². The van der Waals surface area contributed by atoms with Crippen LogP contribution in [0.25, 0.3) is 22.8 Å². The Labute approximate surface area is 176 Å². The fourth-order valence-electron chi connectivity index (χ4n) is 3.49. The molecule has 29 heavy (non-hydrogen) atoms. The molecule has 150 valence electrons. The largest absolute Gasteiger partial charge is 0.490 e. The van der Waals surface area contributed by atoms with Crippen molar-refractivity contribution in [2.45, 2.75) is 32.8 Å². The lowest BCUT2D eigenvalue weighted by atomic mass is 9.97. The van der Waals surface area contributed by atoms with Gasteiger partial charge in [-0.2, -0.15) is 10.2 Å². The third-order valence-corrected chi connectivity index (χ3v) is 4.77. The molecule has 0 bridgehead atoms. The van der Waals surface area contributed by atoms with Crippen LogP contribution in [0, 0.1) is 11.3 Å². The second-order valence-corrected chi connectivity index (χ2v) is 7.11. The fraction of sp³-hybridized carbons (Fsp3) is 0.318. The summed E-state index contributed by atoms with van der Waals surface area (Å²) in [7, 11) is 0. The van der Waals surface area contributed by atoms with E-state index in [1.165, 1.54) is 11.1 Å². The summed E-state index contributed by atoms with van der Waals surface area (Å²) >= 11 is 0. The molecule has 0 saturated carbocycles. The molecule has 0 saturated heterocycles. The maximum atomic E-state index is 9.44. The number of nitriles is 1. The van der Waals surface area contributed by atoms with Gasteiger partial charge in [0, 0.05) is 11.1 Å². The van der Waals surface area contributed by atoms with Gasteiger partial charge in [0.05, 0.1) is 11.7 Å². The second kappa shape index (κ2) is 9.08. The third-order valence-electron chi connectivity index (χ3n) is 4.77. The van der Waals surface area contributed by atoms with Crippen LogP contribution in [0.5, 0.6) is 5.75 Å². The predicted octanol–water partition coefficient (Wildman–Crippen LogP) is 4.17. The van der Waals surface area contributed by atoms with Gasteiger partial charge in [-0.1, -0.05) is 23.4 Å². The molecular formula is C22H23ClN4O2. The van der Waals surface area contributed by atoms with Crippen LogP contribution < -0.4 is 10.1 Å². The molecule has 7 heteroatoms. The maximum absolute atomic E-state index is 9.44. The van der Waals surface area contributed by atoms with Gasteiger partial charge < -0.3 is 14.6 Å². The monoisotopic (exact) mass is 410 g/mol. The molecular weight excluding hydrogens is 388 g/mol. The molecule has 4 rings (SSSR count). The van der Waals surface area contributed by atoms with Gasteiger partial charge in [-0.25, -0.2) is 0 Å². The number of benzene rings is 2. The number of hydrogen-bond acceptors (Lipinski definition) is 6. The predicted molar refractivity (Wildman–Crippen MR) is 113 cm³/mol. The molecule has 0 atom stereocenters. The summed E-state index contributed by atoms with van der Waals surface area (Å²) in [6.45, 7) is 5.78. The number of hydrogen-bond donors (Lipinski definition) is 1. The van der Waals surface area contributed by atoms with Crippen LogP contribution >= 0.6 is 12.4 Å². The van der Waals surface area contributed by atoms with Gasteiger partial charge in [-0.05, 0) is 69.1 Å². The van der Waals surface area contributed by atoms with Crippen LogP contribution in [-0.4, -0.2) is 29.3 Å². The van der Waals surface area contributed by atoms with E-state index in [9.17, 15) is 5.26 Å². The summed E-state index contributed by atoms with van der Waals surface area (Å²) in [5.41, 5.74) is 4.77. The summed E-state index contributed by atoms with van der Waals surface area (Å²) < 4.78 is 11.2. The van der Waals surface area contributed by atoms with Crippen LogP contribution in [0.1, 0.15) is 30.5 Å². The van der Waals surface area contributed by atoms with Crippen molar-refractivity contribution in [3.05, 3.63) is 53.1 Å². The van der Waals surface area contributed by atoms with E-state index in [4.69, 9.17) is 9.26 Å². The lowest BCUT2D eigenvalue weighted by molar-refractivity contribution is 0.242. The Balaban J connectivity index is 0.00000240. The first-order chi connectivity index (χ1) is 13.7. The Morgan fingerprint density at radius 1 is 1.17 bits per heavy atom. The molecule has 6 nitrogen and oxygen atoms in total. The van der Waals surface area contributed by atoms with Crippen molar-refractivity contribution in [1.29, 1.82) is 5.26 Å². The van der Waals surface area contributed by atoms with E-state index in [0.29, 0.717) is 28.6 Å². The number of halogens is 1. The minimum Gasteiger partial charge on any atom is -0.490 e. The highest BCUT2D eigenvalue weighted by atomic mass is 35.5. The minimum absolute atomic E-state index is 0. The average Bonchev–Trinajstić information content (AvgIpc) is 3.05. The van der Waals surface area contributed by atoms with Gasteiger partial charge >= 0.3 is 0 Å². The molecule has 0 spiro atoms. The zero-order chi connectivity index (χ0) is 19.5. The molecule has 0 amide bonds. The smallest absolute Gasteiger partial charge is 0.258 e. The van der Waals surface area contributed by atoms with Crippen molar-refractivity contribution in [2.24, 2.45) is 0 Å². The molecule has 1 aliphatic rings. The van der Waals surface area contributed by atoms with Gasteiger partial charge in [0.15, 0.2) is 0 Å². The average molecular weight is 411 g/mol. The van der Waals surface area contributed by atoms with E-state index in [1.807, 2.05) is 32.0 Å². The van der Waals surface area contributed by atoms with Crippen molar-refractivity contribution in [1.82, 2.24) is 15.5 Å². The Bertz CT molecular complexity index is 1040. The van der Waals surface area contributed by atoms with Crippen LogP contribution in [0.4, 0.5) is 0 Å². The highest BCUT2D eigenvalue weighted by molar-refractivity contribution is 5.85. The van der Waals surface area contributed by atoms with E-state index >= 15 is 0 Å². The molecule has 0 unspecified atom stereocenters. The molecule has 1 N–H and O–H groups in total. The molecule has 1 aromatic heterocycles. The lowest BCUT2D eigenvalue weighted by Gasteiger charge is -2.11. The zero-order valence-corrected chi connectivity index (χ0v) is 17.3. The van der Waals surface area contributed by atoms with E-state index in [2.05, 4.69) is 27.6 Å². The van der Waals surface area contributed by atoms with Crippen LogP contribution in [0.15, 0.2) is 40.9 Å². The highest BCUT2D eigenvalue weighted by Gasteiger charge is 2.18. The number of ether oxygens (including phenoxy) is 1. The minimum atomic E-state index is -0.00390. The molecule has 2 aromatic carbocycles. The number of nitrogens with one attached hydrogen (secondary N) is 1. The Hall–Kier alpha value is -2.88. The van der Waals surface area contributed by atoms with Gasteiger partial charge in [-0.15, -0.1) is 12.4 Å². The van der Waals surface area contributed by atoms with E-state index < -0.39 is 0 Å². The SMILES string of the molecule is CC(C)Oc1ccc(-c2nc(-c3cccc4c3CCNCC4)no2)cc1C#N.Cl. The topological polar surface area (TPSA) is 84.0 Å². The quantitative estimate of drug-likeness (QED) is 0.694. The number of nitrogens with zero attached hydrogens (tertiary/aromatic N) is 3. The summed E-state index contributed by atoms with van der Waals surface area (Å²) in [5, 5.41) is 17.1. The van der Waals surface area contributed by atoms with Crippen LogP contribution in [0.3, 0.4) is 0 Å². The molecule has 3 aromatic rings. The van der Waals surface area contributed by atoms with Gasteiger partial charge in [-0.3, -0.25) is 0 Å². The first kappa shape index (κ1) is 20.8. The standard InChI is InChI=1S/C22H22N4O2.ClH/c1-14(2)27-20-7-6-16(12-17(20)13-23)22-25-21(26-28-22)19-5-3-4-15-8-10-24-11-9-18(15)19;/h3-7,12,14,24H,8-11H2,1-2H3;1H. The number of fused-ring (bicyclic) bond motifs is 1. The first-order valence-electron chi connectivity index (χ1n) is 9.52. The van der Waals surface area contributed by atoms with Gasteiger partial charge in [0.25, 0.3) is 5.89 Å². The Morgan fingerprint density at radius 2 is 2.00 bits per heavy atom. The van der Waals surface area contributed by atoms with Crippen molar-refractivity contribution in [3.63, 3.8) is 0 Å². The first-order valence-corrected chi connectivity index (χ1v) is 9.52. The third kappa shape index (κ3) is 4.42. The summed E-state index contributed by atoms with van der Waals surface area (Å²) in [6.07, 6.45) is 1.93. The molecule has 0 radical (unpaired) electrons. The molecule has 0 aliphatic carbocycles. The summed E-state index contributed by atoms with van der Waals surface area (Å²) in [4.78, 5) is 4.61. The van der Waals surface area contributed by atoms with Crippen molar-refractivity contribution in [3.8, 4) is 34.7 Å². The van der Waals surface area contributed by atoms with Crippen LogP contribution in [0.2, 0.25) is 0 Å². The zero-order valence-electron chi connectivity index (χ0n) is 16.4. The van der Waals surface area contributed by atoms with Crippen molar-refractivity contribution >= 4 is 12.4 Å². The maximum Gasteiger partial charge on any atom is 0.258 e. The van der Waals surface area contributed by atoms with E-state index in [-0.39, 0.29) is 18.5 Å². The van der Waals surface area contributed by atoms with E-state index in [0.717, 1.165) is 31.5 Å². The normalized spacial score (nSPS) is 13.2. The lowest BCUT2D eigenvalue weighted by Crippen LogP contribution is -2.16. The summed E-state index contributed by atoms with van der Waals surface area (Å²) in [6, 6.07) is 13.8. The second-order valence-electron chi connectivity index (χ2n) is 7.11. The highest BCUT2D eigenvalue weighted by Crippen LogP contribution is 2.30. The Morgan fingerprint density at radius 3 is 2.79 bits per heavy atom. The molecule has 2 heterocycles. The number of rotatable bonds is 4. The van der Waals surface area contributed by atoms with Gasteiger partial charge in [0.1, 0.15) is 11.8 Å². The molecule has 1 aliphatic heterocycles. The Kier molecular flexibility index (Phi) is 6.53. The van der Waals surface area contributed by atoms with Crippen molar-refractivity contribution in [2.75, 3.05) is 13.1 Å². The summed E-state index contributed by atoms with van der Waals surface area (Å²) in [5.74, 6) is 1.53. The fourth-order valence-corrected chi connectivity index (χ4v) is 3.49. The van der Waals surface area contributed by atoms with E-state index in [1.54, 1.807) is 12.1 Å². The van der Waals surface area contributed by atoms with Gasteiger partial charge in [0.2, 0.25) is 5.82 Å².